The first-order valence-corrected chi connectivity index (χ1v) is 10.1. The molecular weight excluding hydrogens is 390 g/mol. The zero-order valence-corrected chi connectivity index (χ0v) is 18.0. The number of ether oxygens (including phenoxy) is 1. The van der Waals surface area contributed by atoms with Gasteiger partial charge in [0.15, 0.2) is 0 Å². The lowest BCUT2D eigenvalue weighted by Gasteiger charge is -2.13. The molecule has 3 aromatic carbocycles. The lowest BCUT2D eigenvalue weighted by molar-refractivity contribution is -0.117. The number of rotatable bonds is 5. The summed E-state index contributed by atoms with van der Waals surface area (Å²) in [7, 11) is 3.44. The van der Waals surface area contributed by atoms with E-state index in [-0.39, 0.29) is 11.5 Å². The molecule has 1 atom stereocenters. The Hall–Kier alpha value is -3.80. The van der Waals surface area contributed by atoms with E-state index in [2.05, 4.69) is 5.32 Å². The fourth-order valence-electron chi connectivity index (χ4n) is 3.73. The molecule has 31 heavy (non-hydrogen) atoms. The smallest absolute Gasteiger partial charge is 0.295 e. The Kier molecular flexibility index (Phi) is 5.38. The maximum Gasteiger partial charge on any atom is 0.295 e. The van der Waals surface area contributed by atoms with E-state index in [4.69, 9.17) is 4.74 Å². The minimum atomic E-state index is -0.421. The van der Waals surface area contributed by atoms with E-state index in [0.29, 0.717) is 11.4 Å². The molecule has 0 aliphatic carbocycles. The zero-order valence-electron chi connectivity index (χ0n) is 18.0. The number of fused-ring (bicyclic) bond motifs is 1. The van der Waals surface area contributed by atoms with Crippen molar-refractivity contribution in [1.29, 1.82) is 0 Å². The number of benzene rings is 3. The Morgan fingerprint density at radius 1 is 1.00 bits per heavy atom. The van der Waals surface area contributed by atoms with Gasteiger partial charge in [0.2, 0.25) is 5.91 Å². The highest BCUT2D eigenvalue weighted by molar-refractivity contribution is 5.97. The second-order valence-corrected chi connectivity index (χ2v) is 7.62. The van der Waals surface area contributed by atoms with Crippen LogP contribution >= 0.6 is 0 Å². The summed E-state index contributed by atoms with van der Waals surface area (Å²) in [6.45, 7) is 3.67. The van der Waals surface area contributed by atoms with E-state index in [0.717, 1.165) is 27.8 Å². The van der Waals surface area contributed by atoms with Crippen LogP contribution in [0.25, 0.3) is 16.5 Å². The zero-order chi connectivity index (χ0) is 22.1. The number of carbonyl (C=O) groups excluding carboxylic acids is 1. The molecule has 0 aliphatic heterocycles. The van der Waals surface area contributed by atoms with E-state index >= 15 is 0 Å². The van der Waals surface area contributed by atoms with E-state index < -0.39 is 5.92 Å². The van der Waals surface area contributed by atoms with Gasteiger partial charge >= 0.3 is 0 Å². The van der Waals surface area contributed by atoms with E-state index in [1.165, 1.54) is 0 Å². The summed E-state index contributed by atoms with van der Waals surface area (Å²) in [5.41, 5.74) is 2.37. The summed E-state index contributed by atoms with van der Waals surface area (Å²) in [6.07, 6.45) is 0. The van der Waals surface area contributed by atoms with Crippen LogP contribution in [0.1, 0.15) is 24.1 Å². The van der Waals surface area contributed by atoms with Crippen molar-refractivity contribution < 1.29 is 9.53 Å². The van der Waals surface area contributed by atoms with Crippen molar-refractivity contribution in [2.24, 2.45) is 7.05 Å². The van der Waals surface area contributed by atoms with Gasteiger partial charge in [-0.2, -0.15) is 0 Å². The number of methoxy groups -OCH3 is 1. The average Bonchev–Trinajstić information content (AvgIpc) is 3.01. The Morgan fingerprint density at radius 2 is 1.68 bits per heavy atom. The predicted molar refractivity (Wildman–Crippen MR) is 123 cm³/mol. The number of hydrogen-bond acceptors (Lipinski definition) is 3. The molecule has 0 unspecified atom stereocenters. The maximum atomic E-state index is 13.1. The molecule has 1 aromatic heterocycles. The highest BCUT2D eigenvalue weighted by atomic mass is 16.5. The molecule has 0 bridgehead atoms. The molecule has 1 amide bonds. The summed E-state index contributed by atoms with van der Waals surface area (Å²) in [4.78, 5) is 26.1. The minimum Gasteiger partial charge on any atom is -0.497 e. The van der Waals surface area contributed by atoms with Crippen molar-refractivity contribution in [3.05, 3.63) is 88.3 Å². The first-order valence-electron chi connectivity index (χ1n) is 10.1. The third-order valence-corrected chi connectivity index (χ3v) is 5.77. The number of nitrogens with zero attached hydrogens (tertiary/aromatic N) is 2. The number of amides is 1. The largest absolute Gasteiger partial charge is 0.497 e. The molecule has 0 aliphatic rings. The molecule has 1 heterocycles. The molecule has 158 valence electrons. The fourth-order valence-corrected chi connectivity index (χ4v) is 3.73. The number of para-hydroxylation sites is 1. The molecule has 4 rings (SSSR count). The van der Waals surface area contributed by atoms with Crippen LogP contribution in [0.2, 0.25) is 0 Å². The predicted octanol–water partition coefficient (Wildman–Crippen LogP) is 4.39. The van der Waals surface area contributed by atoms with Crippen LogP contribution in [0.5, 0.6) is 5.75 Å². The lowest BCUT2D eigenvalue weighted by Crippen LogP contribution is -2.25. The Bertz CT molecular complexity index is 1320. The summed E-state index contributed by atoms with van der Waals surface area (Å²) < 4.78 is 8.58. The molecule has 0 fully saturated rings. The van der Waals surface area contributed by atoms with Gasteiger partial charge in [-0.25, -0.2) is 4.68 Å². The van der Waals surface area contributed by atoms with Crippen molar-refractivity contribution >= 4 is 22.4 Å². The lowest BCUT2D eigenvalue weighted by atomic mass is 9.97. The van der Waals surface area contributed by atoms with Gasteiger partial charge in [0.05, 0.1) is 24.4 Å². The van der Waals surface area contributed by atoms with Gasteiger partial charge in [-0.3, -0.25) is 14.3 Å². The number of aromatic nitrogens is 2. The molecule has 0 radical (unpaired) electrons. The van der Waals surface area contributed by atoms with Gasteiger partial charge in [0.1, 0.15) is 11.4 Å². The van der Waals surface area contributed by atoms with Gasteiger partial charge in [-0.15, -0.1) is 0 Å². The van der Waals surface area contributed by atoms with Crippen molar-refractivity contribution in [3.8, 4) is 11.4 Å². The maximum absolute atomic E-state index is 13.1. The third kappa shape index (κ3) is 3.72. The molecule has 0 saturated carbocycles. The molecule has 1 N–H and O–H groups in total. The van der Waals surface area contributed by atoms with Crippen LogP contribution in [0.4, 0.5) is 5.69 Å². The second kappa shape index (κ2) is 8.14. The first-order chi connectivity index (χ1) is 14.9. The highest BCUT2D eigenvalue weighted by Crippen LogP contribution is 2.26. The molecule has 0 spiro atoms. The second-order valence-electron chi connectivity index (χ2n) is 7.62. The number of carbonyl (C=O) groups is 1. The van der Waals surface area contributed by atoms with Crippen molar-refractivity contribution in [3.63, 3.8) is 0 Å². The topological polar surface area (TPSA) is 65.3 Å². The third-order valence-electron chi connectivity index (χ3n) is 5.77. The SMILES string of the molecule is COc1ccc2cc([C@@H](C)C(=O)Nc3c(C)n(C)n(-c4ccccc4)c3=O)ccc2c1. The Labute approximate surface area is 180 Å². The Balaban J connectivity index is 1.63. The van der Waals surface area contributed by atoms with E-state index in [1.54, 1.807) is 23.5 Å². The highest BCUT2D eigenvalue weighted by Gasteiger charge is 2.22. The van der Waals surface area contributed by atoms with Crippen LogP contribution in [0.15, 0.2) is 71.5 Å². The van der Waals surface area contributed by atoms with Gasteiger partial charge in [0, 0.05) is 7.05 Å². The van der Waals surface area contributed by atoms with E-state index in [1.807, 2.05) is 80.6 Å². The minimum absolute atomic E-state index is 0.223. The quantitative estimate of drug-likeness (QED) is 0.526. The number of anilines is 1. The normalized spacial score (nSPS) is 12.0. The molecule has 6 heteroatoms. The molecule has 6 nitrogen and oxygen atoms in total. The standard InChI is InChI=1S/C25H25N3O3/c1-16(18-10-11-20-15-22(31-4)13-12-19(20)14-18)24(29)26-23-17(2)27(3)28(25(23)30)21-8-6-5-7-9-21/h5-16H,1-4H3,(H,26,29)/t16-/m1/s1. The van der Waals surface area contributed by atoms with Gasteiger partial charge in [0.25, 0.3) is 5.56 Å². The molecular formula is C25H25N3O3. The molecule has 4 aromatic rings. The number of hydrogen-bond donors (Lipinski definition) is 1. The number of nitrogens with one attached hydrogen (secondary N) is 1. The van der Waals surface area contributed by atoms with Crippen molar-refractivity contribution in [2.45, 2.75) is 19.8 Å². The van der Waals surface area contributed by atoms with Crippen molar-refractivity contribution in [1.82, 2.24) is 9.36 Å². The Morgan fingerprint density at radius 3 is 2.39 bits per heavy atom. The van der Waals surface area contributed by atoms with Crippen LogP contribution in [0.3, 0.4) is 0 Å². The summed E-state index contributed by atoms with van der Waals surface area (Å²) >= 11 is 0. The van der Waals surface area contributed by atoms with Crippen LogP contribution in [-0.2, 0) is 11.8 Å². The van der Waals surface area contributed by atoms with E-state index in [9.17, 15) is 9.59 Å². The van der Waals surface area contributed by atoms with Crippen LogP contribution in [0, 0.1) is 6.92 Å². The average molecular weight is 415 g/mol. The monoisotopic (exact) mass is 415 g/mol. The van der Waals surface area contributed by atoms with Crippen LogP contribution in [-0.4, -0.2) is 22.4 Å². The molecule has 0 saturated heterocycles. The van der Waals surface area contributed by atoms with Gasteiger partial charge < -0.3 is 10.1 Å². The van der Waals surface area contributed by atoms with Crippen molar-refractivity contribution in [2.75, 3.05) is 12.4 Å². The first kappa shape index (κ1) is 20.5. The van der Waals surface area contributed by atoms with Crippen LogP contribution < -0.4 is 15.6 Å². The summed E-state index contributed by atoms with van der Waals surface area (Å²) in [5, 5.41) is 4.93. The fraction of sp³-hybridized carbons (Fsp3) is 0.200. The summed E-state index contributed by atoms with van der Waals surface area (Å²) in [6, 6.07) is 21.1. The summed E-state index contributed by atoms with van der Waals surface area (Å²) in [5.74, 6) is 0.148. The van der Waals surface area contributed by atoms with Gasteiger partial charge in [-0.05, 0) is 54.4 Å². The van der Waals surface area contributed by atoms with Gasteiger partial charge in [-0.1, -0.05) is 42.5 Å².